The molecule has 0 aliphatic carbocycles. The number of anilines is 1. The number of thiocarbonyl (C=S) groups is 1. The maximum atomic E-state index is 12.9. The minimum atomic E-state index is -0.441. The Bertz CT molecular complexity index is 398. The molecule has 0 atom stereocenters. The third-order valence-corrected chi connectivity index (χ3v) is 2.56. The minimum Gasteiger partial charge on any atom is -0.361 e. The monoisotopic (exact) mass is 275 g/mol. The highest BCUT2D eigenvalue weighted by atomic mass is 35.5. The van der Waals surface area contributed by atoms with Crippen LogP contribution in [0.2, 0.25) is 5.02 Å². The second-order valence-electron chi connectivity index (χ2n) is 3.81. The highest BCUT2D eigenvalue weighted by Gasteiger charge is 2.02. The molecule has 0 aliphatic rings. The molecule has 0 amide bonds. The lowest BCUT2D eigenvalue weighted by Crippen LogP contribution is -2.34. The lowest BCUT2D eigenvalue weighted by atomic mass is 10.3. The molecule has 0 saturated heterocycles. The molecule has 0 fully saturated rings. The number of nitrogens with zero attached hydrogens (tertiary/aromatic N) is 1. The quantitative estimate of drug-likeness (QED) is 0.825. The molecule has 0 aromatic heterocycles. The minimum absolute atomic E-state index is 0.0751. The first kappa shape index (κ1) is 14.2. The van der Waals surface area contributed by atoms with Gasteiger partial charge in [0.25, 0.3) is 0 Å². The van der Waals surface area contributed by atoms with Crippen molar-refractivity contribution in [3.8, 4) is 0 Å². The average Bonchev–Trinajstić information content (AvgIpc) is 2.23. The van der Waals surface area contributed by atoms with Gasteiger partial charge in [-0.15, -0.1) is 0 Å². The van der Waals surface area contributed by atoms with Gasteiger partial charge in [0, 0.05) is 18.8 Å². The fraction of sp³-hybridized carbons (Fsp3) is 0.364. The Morgan fingerprint density at radius 1 is 1.47 bits per heavy atom. The van der Waals surface area contributed by atoms with E-state index in [1.165, 1.54) is 12.1 Å². The zero-order valence-electron chi connectivity index (χ0n) is 9.76. The van der Waals surface area contributed by atoms with Crippen molar-refractivity contribution in [1.82, 2.24) is 10.2 Å². The van der Waals surface area contributed by atoms with Crippen LogP contribution in [0.15, 0.2) is 18.2 Å². The number of benzene rings is 1. The van der Waals surface area contributed by atoms with Gasteiger partial charge in [-0.05, 0) is 44.5 Å². The van der Waals surface area contributed by atoms with Gasteiger partial charge < -0.3 is 15.5 Å². The molecule has 0 bridgehead atoms. The van der Waals surface area contributed by atoms with Crippen molar-refractivity contribution in [2.45, 2.75) is 0 Å². The Morgan fingerprint density at radius 2 is 2.18 bits per heavy atom. The highest BCUT2D eigenvalue weighted by Crippen LogP contribution is 2.19. The van der Waals surface area contributed by atoms with E-state index >= 15 is 0 Å². The van der Waals surface area contributed by atoms with Crippen LogP contribution in [0, 0.1) is 5.82 Å². The van der Waals surface area contributed by atoms with Crippen LogP contribution in [0.3, 0.4) is 0 Å². The van der Waals surface area contributed by atoms with Gasteiger partial charge in [-0.3, -0.25) is 0 Å². The standard InChI is InChI=1S/C11H15ClFN3S/c1-16(2)6-5-14-11(17)15-8-3-4-10(13)9(12)7-8/h3-4,7H,5-6H2,1-2H3,(H2,14,15,17). The van der Waals surface area contributed by atoms with Crippen molar-refractivity contribution in [2.75, 3.05) is 32.5 Å². The van der Waals surface area contributed by atoms with Gasteiger partial charge in [-0.1, -0.05) is 11.6 Å². The predicted molar refractivity (Wildman–Crippen MR) is 74.2 cm³/mol. The summed E-state index contributed by atoms with van der Waals surface area (Å²) < 4.78 is 12.9. The molecular formula is C11H15ClFN3S. The van der Waals surface area contributed by atoms with Crippen LogP contribution >= 0.6 is 23.8 Å². The van der Waals surface area contributed by atoms with E-state index in [-0.39, 0.29) is 5.02 Å². The first-order chi connectivity index (χ1) is 7.99. The zero-order valence-corrected chi connectivity index (χ0v) is 11.3. The second kappa shape index (κ2) is 6.74. The number of rotatable bonds is 4. The molecular weight excluding hydrogens is 261 g/mol. The van der Waals surface area contributed by atoms with E-state index in [1.54, 1.807) is 6.07 Å². The van der Waals surface area contributed by atoms with Gasteiger partial charge >= 0.3 is 0 Å². The summed E-state index contributed by atoms with van der Waals surface area (Å²) in [4.78, 5) is 2.05. The molecule has 0 radical (unpaired) electrons. The Labute approximate surface area is 111 Å². The second-order valence-corrected chi connectivity index (χ2v) is 4.63. The van der Waals surface area contributed by atoms with Gasteiger partial charge in [-0.2, -0.15) is 0 Å². The number of halogens is 2. The van der Waals surface area contributed by atoms with E-state index in [2.05, 4.69) is 10.6 Å². The van der Waals surface area contributed by atoms with Crippen molar-refractivity contribution >= 4 is 34.6 Å². The van der Waals surface area contributed by atoms with E-state index in [0.29, 0.717) is 10.8 Å². The van der Waals surface area contributed by atoms with Crippen LogP contribution in [0.5, 0.6) is 0 Å². The summed E-state index contributed by atoms with van der Waals surface area (Å²) in [5.41, 5.74) is 0.666. The van der Waals surface area contributed by atoms with Crippen molar-refractivity contribution in [3.63, 3.8) is 0 Å². The molecule has 0 spiro atoms. The summed E-state index contributed by atoms with van der Waals surface area (Å²) >= 11 is 10.7. The number of nitrogens with one attached hydrogen (secondary N) is 2. The van der Waals surface area contributed by atoms with Gasteiger partial charge in [0.2, 0.25) is 0 Å². The van der Waals surface area contributed by atoms with E-state index in [1.807, 2.05) is 19.0 Å². The molecule has 17 heavy (non-hydrogen) atoms. The molecule has 0 saturated carbocycles. The summed E-state index contributed by atoms with van der Waals surface area (Å²) in [5.74, 6) is -0.441. The highest BCUT2D eigenvalue weighted by molar-refractivity contribution is 7.80. The first-order valence-corrected chi connectivity index (χ1v) is 5.92. The maximum absolute atomic E-state index is 12.9. The third-order valence-electron chi connectivity index (χ3n) is 2.02. The zero-order chi connectivity index (χ0) is 12.8. The lowest BCUT2D eigenvalue weighted by Gasteiger charge is -2.13. The number of likely N-dealkylation sites (N-methyl/N-ethyl adjacent to an activating group) is 1. The van der Waals surface area contributed by atoms with Gasteiger partial charge in [-0.25, -0.2) is 4.39 Å². The summed E-state index contributed by atoms with van der Waals surface area (Å²) in [6.45, 7) is 1.62. The Hall–Kier alpha value is -0.910. The van der Waals surface area contributed by atoms with E-state index in [9.17, 15) is 4.39 Å². The van der Waals surface area contributed by atoms with Gasteiger partial charge in [0.05, 0.1) is 5.02 Å². The molecule has 0 aliphatic heterocycles. The summed E-state index contributed by atoms with van der Waals surface area (Å²) in [6.07, 6.45) is 0. The molecule has 0 heterocycles. The third kappa shape index (κ3) is 5.30. The molecule has 1 aromatic rings. The normalized spacial score (nSPS) is 10.4. The number of hydrogen-bond acceptors (Lipinski definition) is 2. The fourth-order valence-corrected chi connectivity index (χ4v) is 1.54. The SMILES string of the molecule is CN(C)CCNC(=S)Nc1ccc(F)c(Cl)c1. The first-order valence-electron chi connectivity index (χ1n) is 5.13. The van der Waals surface area contributed by atoms with Gasteiger partial charge in [0.1, 0.15) is 5.82 Å². The largest absolute Gasteiger partial charge is 0.361 e. The average molecular weight is 276 g/mol. The smallest absolute Gasteiger partial charge is 0.170 e. The molecule has 2 N–H and O–H groups in total. The topological polar surface area (TPSA) is 27.3 Å². The maximum Gasteiger partial charge on any atom is 0.170 e. The van der Waals surface area contributed by atoms with Crippen LogP contribution in [-0.2, 0) is 0 Å². The summed E-state index contributed by atoms with van der Waals surface area (Å²) in [6, 6.07) is 4.38. The van der Waals surface area contributed by atoms with Crippen LogP contribution < -0.4 is 10.6 Å². The molecule has 1 aromatic carbocycles. The predicted octanol–water partition coefficient (Wildman–Crippen LogP) is 2.33. The Balaban J connectivity index is 2.42. The van der Waals surface area contributed by atoms with Crippen LogP contribution in [0.4, 0.5) is 10.1 Å². The van der Waals surface area contributed by atoms with Crippen LogP contribution in [0.1, 0.15) is 0 Å². The number of hydrogen-bond donors (Lipinski definition) is 2. The van der Waals surface area contributed by atoms with E-state index in [0.717, 1.165) is 13.1 Å². The lowest BCUT2D eigenvalue weighted by molar-refractivity contribution is 0.413. The molecule has 94 valence electrons. The van der Waals surface area contributed by atoms with E-state index < -0.39 is 5.82 Å². The molecule has 6 heteroatoms. The van der Waals surface area contributed by atoms with E-state index in [4.69, 9.17) is 23.8 Å². The van der Waals surface area contributed by atoms with Crippen molar-refractivity contribution < 1.29 is 4.39 Å². The van der Waals surface area contributed by atoms with Crippen molar-refractivity contribution in [2.24, 2.45) is 0 Å². The fourth-order valence-electron chi connectivity index (χ4n) is 1.14. The molecule has 3 nitrogen and oxygen atoms in total. The van der Waals surface area contributed by atoms with Crippen molar-refractivity contribution in [1.29, 1.82) is 0 Å². The van der Waals surface area contributed by atoms with Gasteiger partial charge in [0.15, 0.2) is 5.11 Å². The Kier molecular flexibility index (Phi) is 5.61. The molecule has 0 unspecified atom stereocenters. The van der Waals surface area contributed by atoms with Crippen LogP contribution in [-0.4, -0.2) is 37.2 Å². The van der Waals surface area contributed by atoms with Crippen molar-refractivity contribution in [3.05, 3.63) is 29.0 Å². The Morgan fingerprint density at radius 3 is 2.76 bits per heavy atom. The molecule has 1 rings (SSSR count). The summed E-state index contributed by atoms with van der Waals surface area (Å²) in [7, 11) is 3.97. The van der Waals surface area contributed by atoms with Crippen LogP contribution in [0.25, 0.3) is 0 Å². The summed E-state index contributed by atoms with van der Waals surface area (Å²) in [5, 5.41) is 6.54.